The van der Waals surface area contributed by atoms with E-state index in [2.05, 4.69) is 34.5 Å². The fourth-order valence-corrected chi connectivity index (χ4v) is 1.12. The second-order valence-electron chi connectivity index (χ2n) is 3.55. The van der Waals surface area contributed by atoms with Gasteiger partial charge in [-0.05, 0) is 33.6 Å². The maximum absolute atomic E-state index is 5.22. The van der Waals surface area contributed by atoms with Crippen molar-refractivity contribution in [3.63, 3.8) is 0 Å². The Balaban J connectivity index is 2.04. The smallest absolute Gasteiger partial charge is 0.230 e. The van der Waals surface area contributed by atoms with Crippen LogP contribution >= 0.6 is 0 Å². The molecule has 0 saturated carbocycles. The molecule has 5 nitrogen and oxygen atoms in total. The summed E-state index contributed by atoms with van der Waals surface area (Å²) >= 11 is 0. The van der Waals surface area contributed by atoms with Gasteiger partial charge in [0.15, 0.2) is 0 Å². The lowest BCUT2D eigenvalue weighted by molar-refractivity contribution is 0.388. The average Bonchev–Trinajstić information content (AvgIpc) is 2.50. The Morgan fingerprint density at radius 3 is 2.71 bits per heavy atom. The van der Waals surface area contributed by atoms with Crippen molar-refractivity contribution in [2.45, 2.75) is 19.9 Å². The summed E-state index contributed by atoms with van der Waals surface area (Å²) in [7, 11) is 4.14. The van der Waals surface area contributed by atoms with E-state index >= 15 is 0 Å². The minimum absolute atomic E-state index is 0.620. The van der Waals surface area contributed by atoms with Crippen molar-refractivity contribution < 1.29 is 4.42 Å². The Morgan fingerprint density at radius 2 is 2.14 bits per heavy atom. The molecule has 5 heteroatoms. The summed E-state index contributed by atoms with van der Waals surface area (Å²) in [6.45, 7) is 4.52. The van der Waals surface area contributed by atoms with Crippen molar-refractivity contribution >= 4 is 0 Å². The van der Waals surface area contributed by atoms with Crippen molar-refractivity contribution in [2.75, 3.05) is 27.2 Å². The molecule has 80 valence electrons. The summed E-state index contributed by atoms with van der Waals surface area (Å²) in [4.78, 5) is 2.17. The zero-order valence-electron chi connectivity index (χ0n) is 9.08. The zero-order valence-corrected chi connectivity index (χ0v) is 9.08. The molecule has 1 aromatic rings. The molecule has 0 atom stereocenters. The van der Waals surface area contributed by atoms with Crippen molar-refractivity contribution in [3.8, 4) is 0 Å². The van der Waals surface area contributed by atoms with Gasteiger partial charge in [-0.2, -0.15) is 0 Å². The molecule has 0 aromatic carbocycles. The molecule has 0 bridgehead atoms. The molecule has 1 rings (SSSR count). The van der Waals surface area contributed by atoms with Crippen LogP contribution < -0.4 is 5.32 Å². The number of aryl methyl sites for hydroxylation is 1. The highest BCUT2D eigenvalue weighted by atomic mass is 16.4. The molecule has 0 aliphatic rings. The van der Waals surface area contributed by atoms with Crippen LogP contribution in [0.1, 0.15) is 18.2 Å². The summed E-state index contributed by atoms with van der Waals surface area (Å²) < 4.78 is 5.22. The van der Waals surface area contributed by atoms with Gasteiger partial charge in [-0.3, -0.25) is 0 Å². The second kappa shape index (κ2) is 5.72. The Bertz CT molecular complexity index is 259. The second-order valence-corrected chi connectivity index (χ2v) is 3.55. The molecule has 0 aliphatic heterocycles. The lowest BCUT2D eigenvalue weighted by atomic mass is 10.4. The largest absolute Gasteiger partial charge is 0.424 e. The topological polar surface area (TPSA) is 54.2 Å². The lowest BCUT2D eigenvalue weighted by Gasteiger charge is -2.08. The van der Waals surface area contributed by atoms with Crippen LogP contribution in [0, 0.1) is 6.92 Å². The predicted octanol–water partition coefficient (Wildman–Crippen LogP) is 0.419. The number of nitrogens with one attached hydrogen (secondary N) is 1. The predicted molar refractivity (Wildman–Crippen MR) is 53.9 cm³/mol. The van der Waals surface area contributed by atoms with Crippen LogP contribution in [0.25, 0.3) is 0 Å². The highest BCUT2D eigenvalue weighted by molar-refractivity contribution is 4.77. The van der Waals surface area contributed by atoms with E-state index in [0.29, 0.717) is 18.3 Å². The van der Waals surface area contributed by atoms with E-state index in [1.807, 2.05) is 0 Å². The SMILES string of the molecule is Cc1nnc(CNCCCN(C)C)o1. The van der Waals surface area contributed by atoms with Crippen LogP contribution in [-0.2, 0) is 6.54 Å². The van der Waals surface area contributed by atoms with Gasteiger partial charge in [0.1, 0.15) is 0 Å². The van der Waals surface area contributed by atoms with Crippen molar-refractivity contribution in [1.82, 2.24) is 20.4 Å². The van der Waals surface area contributed by atoms with E-state index in [1.54, 1.807) is 6.92 Å². The molecule has 1 aromatic heterocycles. The van der Waals surface area contributed by atoms with Gasteiger partial charge in [0.05, 0.1) is 6.54 Å². The number of nitrogens with zero attached hydrogens (tertiary/aromatic N) is 3. The molecule has 0 unspecified atom stereocenters. The molecule has 0 aliphatic carbocycles. The van der Waals surface area contributed by atoms with E-state index < -0.39 is 0 Å². The Kier molecular flexibility index (Phi) is 4.55. The molecule has 14 heavy (non-hydrogen) atoms. The fourth-order valence-electron chi connectivity index (χ4n) is 1.12. The third kappa shape index (κ3) is 4.34. The number of rotatable bonds is 6. The summed E-state index contributed by atoms with van der Waals surface area (Å²) in [6, 6.07) is 0. The van der Waals surface area contributed by atoms with Gasteiger partial charge < -0.3 is 14.6 Å². The van der Waals surface area contributed by atoms with Crippen molar-refractivity contribution in [2.24, 2.45) is 0 Å². The molecule has 1 N–H and O–H groups in total. The normalized spacial score (nSPS) is 11.1. The van der Waals surface area contributed by atoms with Crippen LogP contribution in [0.4, 0.5) is 0 Å². The maximum atomic E-state index is 5.22. The molecule has 1 heterocycles. The Morgan fingerprint density at radius 1 is 1.36 bits per heavy atom. The van der Waals surface area contributed by atoms with Crippen LogP contribution in [0.5, 0.6) is 0 Å². The quantitative estimate of drug-likeness (QED) is 0.671. The summed E-state index contributed by atoms with van der Waals surface area (Å²) in [6.07, 6.45) is 1.13. The van der Waals surface area contributed by atoms with Gasteiger partial charge in [-0.1, -0.05) is 0 Å². The minimum atomic E-state index is 0.620. The third-order valence-corrected chi connectivity index (χ3v) is 1.80. The van der Waals surface area contributed by atoms with Gasteiger partial charge in [-0.25, -0.2) is 0 Å². The zero-order chi connectivity index (χ0) is 10.4. The first-order valence-electron chi connectivity index (χ1n) is 4.83. The lowest BCUT2D eigenvalue weighted by Crippen LogP contribution is -2.21. The standard InChI is InChI=1S/C9H18N4O/c1-8-11-12-9(14-8)7-10-5-4-6-13(2)3/h10H,4-7H2,1-3H3. The third-order valence-electron chi connectivity index (χ3n) is 1.80. The van der Waals surface area contributed by atoms with Crippen LogP contribution in [0.2, 0.25) is 0 Å². The van der Waals surface area contributed by atoms with Crippen LogP contribution in [0.3, 0.4) is 0 Å². The van der Waals surface area contributed by atoms with E-state index in [9.17, 15) is 0 Å². The van der Waals surface area contributed by atoms with Gasteiger partial charge in [0.25, 0.3) is 0 Å². The fraction of sp³-hybridized carbons (Fsp3) is 0.778. The van der Waals surface area contributed by atoms with E-state index in [0.717, 1.165) is 19.5 Å². The molecular weight excluding hydrogens is 180 g/mol. The number of hydrogen-bond donors (Lipinski definition) is 1. The summed E-state index contributed by atoms with van der Waals surface area (Å²) in [5.74, 6) is 1.28. The summed E-state index contributed by atoms with van der Waals surface area (Å²) in [5, 5.41) is 10.9. The van der Waals surface area contributed by atoms with Gasteiger partial charge in [0.2, 0.25) is 11.8 Å². The first-order chi connectivity index (χ1) is 6.68. The van der Waals surface area contributed by atoms with E-state index in [1.165, 1.54) is 0 Å². The Labute approximate surface area is 84.5 Å². The van der Waals surface area contributed by atoms with Crippen molar-refractivity contribution in [3.05, 3.63) is 11.8 Å². The molecule has 0 radical (unpaired) electrons. The highest BCUT2D eigenvalue weighted by Crippen LogP contribution is 1.96. The molecule has 0 fully saturated rings. The van der Waals surface area contributed by atoms with E-state index in [4.69, 9.17) is 4.42 Å². The first kappa shape index (κ1) is 11.1. The van der Waals surface area contributed by atoms with Crippen LogP contribution in [0.15, 0.2) is 4.42 Å². The number of aromatic nitrogens is 2. The Hall–Kier alpha value is -0.940. The monoisotopic (exact) mass is 198 g/mol. The molecular formula is C9H18N4O. The molecule has 0 spiro atoms. The molecule has 0 saturated heterocycles. The average molecular weight is 198 g/mol. The minimum Gasteiger partial charge on any atom is -0.424 e. The first-order valence-corrected chi connectivity index (χ1v) is 4.83. The summed E-state index contributed by atoms with van der Waals surface area (Å²) in [5.41, 5.74) is 0. The number of hydrogen-bond acceptors (Lipinski definition) is 5. The van der Waals surface area contributed by atoms with E-state index in [-0.39, 0.29) is 0 Å². The van der Waals surface area contributed by atoms with Gasteiger partial charge in [-0.15, -0.1) is 10.2 Å². The van der Waals surface area contributed by atoms with Crippen LogP contribution in [-0.4, -0.2) is 42.3 Å². The van der Waals surface area contributed by atoms with Gasteiger partial charge >= 0.3 is 0 Å². The maximum Gasteiger partial charge on any atom is 0.230 e. The molecule has 0 amide bonds. The van der Waals surface area contributed by atoms with Gasteiger partial charge in [0, 0.05) is 6.92 Å². The van der Waals surface area contributed by atoms with Crippen molar-refractivity contribution in [1.29, 1.82) is 0 Å². The highest BCUT2D eigenvalue weighted by Gasteiger charge is 2.00.